The van der Waals surface area contributed by atoms with Gasteiger partial charge in [-0.2, -0.15) is 10.2 Å². The van der Waals surface area contributed by atoms with E-state index in [4.69, 9.17) is 0 Å². The molecule has 0 atom stereocenters. The van der Waals surface area contributed by atoms with Crippen molar-refractivity contribution < 1.29 is 4.79 Å². The van der Waals surface area contributed by atoms with Crippen LogP contribution in [-0.4, -0.2) is 21.8 Å². The first-order valence-electron chi connectivity index (χ1n) is 7.09. The number of carbonyl (C=O) groups excluding carboxylic acids is 1. The number of fused-ring (bicyclic) bond motifs is 1. The lowest BCUT2D eigenvalue weighted by Crippen LogP contribution is -2.23. The molecule has 6 nitrogen and oxygen atoms in total. The van der Waals surface area contributed by atoms with Crippen molar-refractivity contribution in [2.45, 2.75) is 13.3 Å². The number of hydrogen-bond donors (Lipinski definition) is 2. The van der Waals surface area contributed by atoms with Gasteiger partial charge in [-0.05, 0) is 23.9 Å². The monoisotopic (exact) mass is 326 g/mol. The van der Waals surface area contributed by atoms with E-state index in [2.05, 4.69) is 20.7 Å². The topological polar surface area (TPSA) is 87.2 Å². The van der Waals surface area contributed by atoms with E-state index in [9.17, 15) is 9.59 Å². The predicted octanol–water partition coefficient (Wildman–Crippen LogP) is 2.53. The maximum atomic E-state index is 12.4. The zero-order valence-corrected chi connectivity index (χ0v) is 13.2. The fourth-order valence-corrected chi connectivity index (χ4v) is 3.00. The lowest BCUT2D eigenvalue weighted by atomic mass is 10.1. The molecule has 0 saturated carbocycles. The van der Waals surface area contributed by atoms with Gasteiger partial charge in [0.1, 0.15) is 0 Å². The lowest BCUT2D eigenvalue weighted by Gasteiger charge is -2.05. The number of nitrogens with one attached hydrogen (secondary N) is 2. The summed E-state index contributed by atoms with van der Waals surface area (Å²) in [6.45, 7) is 1.97. The molecule has 0 unspecified atom stereocenters. The van der Waals surface area contributed by atoms with Gasteiger partial charge in [0.25, 0.3) is 11.5 Å². The number of hydrogen-bond acceptors (Lipinski definition) is 5. The molecule has 0 spiro atoms. The Balaban J connectivity index is 1.93. The predicted molar refractivity (Wildman–Crippen MR) is 91.0 cm³/mol. The fraction of sp³-hybridized carbons (Fsp3) is 0.125. The zero-order chi connectivity index (χ0) is 16.2. The van der Waals surface area contributed by atoms with Gasteiger partial charge < -0.3 is 0 Å². The second-order valence-corrected chi connectivity index (χ2v) is 5.72. The number of rotatable bonds is 4. The summed E-state index contributed by atoms with van der Waals surface area (Å²) in [6, 6.07) is 10.7. The molecule has 0 radical (unpaired) electrons. The highest BCUT2D eigenvalue weighted by Gasteiger charge is 2.14. The number of carbonyl (C=O) groups is 1. The number of aromatic amines is 1. The highest BCUT2D eigenvalue weighted by molar-refractivity contribution is 7.12. The third kappa shape index (κ3) is 3.04. The molecule has 0 fully saturated rings. The molecular weight excluding hydrogens is 312 g/mol. The summed E-state index contributed by atoms with van der Waals surface area (Å²) in [5.74, 6) is -0.458. The van der Waals surface area contributed by atoms with Crippen LogP contribution in [0.5, 0.6) is 0 Å². The highest BCUT2D eigenvalue weighted by atomic mass is 32.1. The number of thiophene rings is 1. The van der Waals surface area contributed by atoms with Gasteiger partial charge in [0, 0.05) is 5.39 Å². The van der Waals surface area contributed by atoms with Gasteiger partial charge in [-0.15, -0.1) is 11.3 Å². The fourth-order valence-electron chi connectivity index (χ4n) is 2.21. The molecule has 0 aliphatic heterocycles. The van der Waals surface area contributed by atoms with Crippen molar-refractivity contribution in [3.05, 3.63) is 62.7 Å². The maximum absolute atomic E-state index is 12.4. The second kappa shape index (κ2) is 6.53. The van der Waals surface area contributed by atoms with E-state index in [0.29, 0.717) is 17.2 Å². The molecule has 2 aromatic heterocycles. The normalized spacial score (nSPS) is 11.6. The molecule has 1 aromatic carbocycles. The van der Waals surface area contributed by atoms with Gasteiger partial charge in [-0.3, -0.25) is 9.59 Å². The van der Waals surface area contributed by atoms with E-state index in [1.54, 1.807) is 35.6 Å². The number of benzene rings is 1. The third-order valence-electron chi connectivity index (χ3n) is 3.34. The Morgan fingerprint density at radius 2 is 2.04 bits per heavy atom. The van der Waals surface area contributed by atoms with Gasteiger partial charge in [-0.1, -0.05) is 31.2 Å². The minimum absolute atomic E-state index is 0.144. The quantitative estimate of drug-likeness (QED) is 0.570. The summed E-state index contributed by atoms with van der Waals surface area (Å²) in [6.07, 6.45) is 0.695. The summed E-state index contributed by atoms with van der Waals surface area (Å²) in [7, 11) is 0. The smallest absolute Gasteiger partial charge is 0.267 e. The van der Waals surface area contributed by atoms with Crippen molar-refractivity contribution in [3.8, 4) is 0 Å². The molecular formula is C16H14N4O2S. The first-order valence-corrected chi connectivity index (χ1v) is 7.97. The van der Waals surface area contributed by atoms with E-state index in [1.807, 2.05) is 24.4 Å². The first kappa shape index (κ1) is 15.1. The third-order valence-corrected chi connectivity index (χ3v) is 4.26. The summed E-state index contributed by atoms with van der Waals surface area (Å²) >= 11 is 1.56. The molecule has 0 saturated heterocycles. The molecule has 0 aliphatic carbocycles. The number of aromatic nitrogens is 2. The Labute approximate surface area is 135 Å². The summed E-state index contributed by atoms with van der Waals surface area (Å²) in [5, 5.41) is 13.3. The molecule has 23 heavy (non-hydrogen) atoms. The Morgan fingerprint density at radius 1 is 1.26 bits per heavy atom. The van der Waals surface area contributed by atoms with Crippen LogP contribution in [-0.2, 0) is 0 Å². The molecule has 3 aromatic rings. The van der Waals surface area contributed by atoms with Crippen LogP contribution in [0, 0.1) is 0 Å². The Morgan fingerprint density at radius 3 is 2.74 bits per heavy atom. The van der Waals surface area contributed by atoms with Crippen LogP contribution >= 0.6 is 11.3 Å². The van der Waals surface area contributed by atoms with Crippen LogP contribution in [0.3, 0.4) is 0 Å². The van der Waals surface area contributed by atoms with E-state index in [0.717, 1.165) is 10.6 Å². The average Bonchev–Trinajstić information content (AvgIpc) is 3.10. The summed E-state index contributed by atoms with van der Waals surface area (Å²) < 4.78 is 0. The molecule has 0 aliphatic rings. The average molecular weight is 326 g/mol. The van der Waals surface area contributed by atoms with Crippen LogP contribution in [0.2, 0.25) is 0 Å². The van der Waals surface area contributed by atoms with Gasteiger partial charge >= 0.3 is 0 Å². The van der Waals surface area contributed by atoms with Gasteiger partial charge in [0.2, 0.25) is 0 Å². The van der Waals surface area contributed by atoms with Crippen molar-refractivity contribution in [2.24, 2.45) is 5.10 Å². The van der Waals surface area contributed by atoms with Crippen molar-refractivity contribution in [1.29, 1.82) is 0 Å². The van der Waals surface area contributed by atoms with Crippen LogP contribution in [0.25, 0.3) is 10.8 Å². The SMILES string of the molecule is CC/C(=N/NC(=O)c1n[nH]c(=O)c2ccccc12)c1cccs1. The minimum atomic E-state index is -0.458. The first-order chi connectivity index (χ1) is 11.2. The van der Waals surface area contributed by atoms with Gasteiger partial charge in [-0.25, -0.2) is 10.5 Å². The number of amides is 1. The highest BCUT2D eigenvalue weighted by Crippen LogP contribution is 2.13. The van der Waals surface area contributed by atoms with Crippen LogP contribution in [0.1, 0.15) is 28.7 Å². The van der Waals surface area contributed by atoms with Crippen molar-refractivity contribution >= 4 is 33.7 Å². The number of nitrogens with zero attached hydrogens (tertiary/aromatic N) is 2. The van der Waals surface area contributed by atoms with E-state index in [-0.39, 0.29) is 11.3 Å². The second-order valence-electron chi connectivity index (χ2n) is 4.78. The standard InChI is InChI=1S/C16H14N4O2S/c1-2-12(13-8-5-9-23-13)17-20-16(22)14-10-6-3-4-7-11(10)15(21)19-18-14/h3-9H,2H2,1H3,(H,19,21)(H,20,22)/b17-12-. The van der Waals surface area contributed by atoms with Crippen LogP contribution < -0.4 is 11.0 Å². The Kier molecular flexibility index (Phi) is 4.29. The van der Waals surface area contributed by atoms with E-state index in [1.165, 1.54) is 0 Å². The largest absolute Gasteiger partial charge is 0.292 e. The molecule has 1 amide bonds. The molecule has 116 valence electrons. The van der Waals surface area contributed by atoms with Crippen molar-refractivity contribution in [2.75, 3.05) is 0 Å². The zero-order valence-electron chi connectivity index (χ0n) is 12.4. The van der Waals surface area contributed by atoms with E-state index < -0.39 is 5.91 Å². The Bertz CT molecular complexity index is 929. The summed E-state index contributed by atoms with van der Waals surface area (Å²) in [4.78, 5) is 25.1. The molecule has 2 N–H and O–H groups in total. The van der Waals surface area contributed by atoms with Gasteiger partial charge in [0.05, 0.1) is 16.0 Å². The van der Waals surface area contributed by atoms with Crippen LogP contribution in [0.4, 0.5) is 0 Å². The molecule has 7 heteroatoms. The van der Waals surface area contributed by atoms with Crippen molar-refractivity contribution in [3.63, 3.8) is 0 Å². The molecule has 3 rings (SSSR count). The van der Waals surface area contributed by atoms with Crippen LogP contribution in [0.15, 0.2) is 51.7 Å². The summed E-state index contributed by atoms with van der Waals surface area (Å²) in [5.41, 5.74) is 3.13. The van der Waals surface area contributed by atoms with Crippen molar-refractivity contribution in [1.82, 2.24) is 15.6 Å². The van der Waals surface area contributed by atoms with E-state index >= 15 is 0 Å². The molecule has 2 heterocycles. The number of H-pyrrole nitrogens is 1. The van der Waals surface area contributed by atoms with Gasteiger partial charge in [0.15, 0.2) is 5.69 Å². The lowest BCUT2D eigenvalue weighted by molar-refractivity contribution is 0.0950. The minimum Gasteiger partial charge on any atom is -0.267 e. The molecule has 0 bridgehead atoms. The number of hydrazone groups is 1. The maximum Gasteiger partial charge on any atom is 0.292 e. The Hall–Kier alpha value is -2.80.